The topological polar surface area (TPSA) is 103 Å². The van der Waals surface area contributed by atoms with Gasteiger partial charge < -0.3 is 14.6 Å². The minimum absolute atomic E-state index is 0.239. The van der Waals surface area contributed by atoms with Crippen molar-refractivity contribution in [2.45, 2.75) is 26.1 Å². The van der Waals surface area contributed by atoms with Crippen LogP contribution < -0.4 is 10.1 Å². The molecule has 0 atom stereocenters. The van der Waals surface area contributed by atoms with Crippen LogP contribution in [-0.4, -0.2) is 66.6 Å². The summed E-state index contributed by atoms with van der Waals surface area (Å²) < 4.78 is 9.41. The van der Waals surface area contributed by atoms with E-state index in [2.05, 4.69) is 37.5 Å². The molecule has 0 saturated carbocycles. The number of carbonyl (C=O) groups excluding carboxylic acids is 1. The second-order valence-corrected chi connectivity index (χ2v) is 10.3. The van der Waals surface area contributed by atoms with Crippen molar-refractivity contribution in [3.63, 3.8) is 0 Å². The summed E-state index contributed by atoms with van der Waals surface area (Å²) in [6.07, 6.45) is 3.63. The van der Waals surface area contributed by atoms with Crippen molar-refractivity contribution in [3.05, 3.63) is 60.7 Å². The summed E-state index contributed by atoms with van der Waals surface area (Å²) in [4.78, 5) is 21.8. The Morgan fingerprint density at radius 1 is 1.06 bits per heavy atom. The number of hydrogen-bond donors (Lipinski definition) is 1. The highest BCUT2D eigenvalue weighted by atomic mass is 32.2. The zero-order valence-corrected chi connectivity index (χ0v) is 21.1. The molecule has 3 aromatic heterocycles. The third-order valence-electron chi connectivity index (χ3n) is 5.25. The van der Waals surface area contributed by atoms with Gasteiger partial charge in [0.05, 0.1) is 0 Å². The van der Waals surface area contributed by atoms with Crippen LogP contribution in [0.5, 0.6) is 5.75 Å². The van der Waals surface area contributed by atoms with Crippen LogP contribution in [0.1, 0.15) is 10.5 Å². The van der Waals surface area contributed by atoms with Crippen molar-refractivity contribution in [2.75, 3.05) is 25.5 Å². The van der Waals surface area contributed by atoms with Crippen molar-refractivity contribution in [1.82, 2.24) is 34.4 Å². The quantitative estimate of drug-likeness (QED) is 0.384. The number of aromatic nitrogens is 6. The first-order chi connectivity index (χ1) is 16.9. The fourth-order valence-electron chi connectivity index (χ4n) is 3.47. The number of hydrogen-bond acceptors (Lipinski definition) is 9. The van der Waals surface area contributed by atoms with Crippen LogP contribution in [0.2, 0.25) is 0 Å². The second kappa shape index (κ2) is 10.1. The van der Waals surface area contributed by atoms with Crippen LogP contribution in [0.25, 0.3) is 0 Å². The number of likely N-dealkylation sites (tertiary alicyclic amines) is 1. The van der Waals surface area contributed by atoms with Crippen LogP contribution >= 0.6 is 23.5 Å². The Bertz CT molecular complexity index is 1330. The highest BCUT2D eigenvalue weighted by Crippen LogP contribution is 2.34. The molecule has 1 aromatic carbocycles. The summed E-state index contributed by atoms with van der Waals surface area (Å²) in [6.45, 7) is 1.88. The highest BCUT2D eigenvalue weighted by molar-refractivity contribution is 7.99. The number of anilines is 1. The lowest BCUT2D eigenvalue weighted by Gasteiger charge is -2.36. The van der Waals surface area contributed by atoms with E-state index >= 15 is 0 Å². The van der Waals surface area contributed by atoms with E-state index in [0.29, 0.717) is 21.7 Å². The molecule has 4 heterocycles. The Hall–Kier alpha value is -3.35. The fourth-order valence-corrected chi connectivity index (χ4v) is 5.10. The molecular weight excluding hydrogens is 484 g/mol. The molecule has 1 saturated heterocycles. The van der Waals surface area contributed by atoms with Gasteiger partial charge in [-0.1, -0.05) is 11.8 Å². The molecule has 35 heavy (non-hydrogen) atoms. The molecule has 1 fully saturated rings. The fraction of sp³-hybridized carbons (Fsp3) is 0.261. The molecule has 1 aliphatic rings. The van der Waals surface area contributed by atoms with Gasteiger partial charge in [0.1, 0.15) is 28.9 Å². The average molecular weight is 509 g/mol. The van der Waals surface area contributed by atoms with E-state index in [1.807, 2.05) is 43.4 Å². The van der Waals surface area contributed by atoms with Crippen molar-refractivity contribution >= 4 is 35.2 Å². The minimum atomic E-state index is -0.333. The van der Waals surface area contributed by atoms with Gasteiger partial charge in [0.15, 0.2) is 11.0 Å². The standard InChI is InChI=1S/C23H24N8O2S2/c1-29-12-16(13-29)33-15-4-6-17(7-5-15)34-18-8-9-20(35-23-27-24-14-30(23)2)26-21(18)22(32)25-19-10-11-31(3)28-19/h4-11,14,16H,12-13H2,1-3H3,(H,25,28,32). The monoisotopic (exact) mass is 508 g/mol. The summed E-state index contributed by atoms with van der Waals surface area (Å²) in [5.41, 5.74) is 0.311. The Labute approximate surface area is 211 Å². The van der Waals surface area contributed by atoms with Crippen LogP contribution in [0.3, 0.4) is 0 Å². The number of likely N-dealkylation sites (N-methyl/N-ethyl adjacent to an activating group) is 1. The molecule has 0 radical (unpaired) electrons. The summed E-state index contributed by atoms with van der Waals surface area (Å²) in [6, 6.07) is 13.4. The van der Waals surface area contributed by atoms with Crippen LogP contribution in [0.4, 0.5) is 5.82 Å². The van der Waals surface area contributed by atoms with Crippen molar-refractivity contribution in [1.29, 1.82) is 0 Å². The predicted octanol–water partition coefficient (Wildman–Crippen LogP) is 3.19. The first-order valence-corrected chi connectivity index (χ1v) is 12.5. The third-order valence-corrected chi connectivity index (χ3v) is 7.30. The number of carbonyl (C=O) groups is 1. The number of pyridine rings is 1. The molecular formula is C23H24N8O2S2. The van der Waals surface area contributed by atoms with E-state index in [0.717, 1.165) is 28.6 Å². The maximum atomic E-state index is 13.2. The molecule has 12 heteroatoms. The maximum Gasteiger partial charge on any atom is 0.276 e. The molecule has 0 spiro atoms. The van der Waals surface area contributed by atoms with E-state index in [1.54, 1.807) is 34.9 Å². The van der Waals surface area contributed by atoms with Crippen LogP contribution in [-0.2, 0) is 14.1 Å². The van der Waals surface area contributed by atoms with Gasteiger partial charge in [-0.2, -0.15) is 5.10 Å². The Balaban J connectivity index is 1.36. The first-order valence-electron chi connectivity index (χ1n) is 10.9. The smallest absolute Gasteiger partial charge is 0.276 e. The summed E-state index contributed by atoms with van der Waals surface area (Å²) in [5.74, 6) is 0.972. The van der Waals surface area contributed by atoms with Gasteiger partial charge in [-0.3, -0.25) is 14.4 Å². The number of rotatable bonds is 8. The third kappa shape index (κ3) is 5.66. The summed E-state index contributed by atoms with van der Waals surface area (Å²) in [5, 5.41) is 16.4. The summed E-state index contributed by atoms with van der Waals surface area (Å²) in [7, 11) is 5.73. The number of aryl methyl sites for hydroxylation is 2. The molecule has 5 rings (SSSR count). The molecule has 0 bridgehead atoms. The van der Waals surface area contributed by atoms with Gasteiger partial charge in [-0.05, 0) is 55.2 Å². The normalized spacial score (nSPS) is 14.0. The van der Waals surface area contributed by atoms with Crippen LogP contribution in [0, 0.1) is 0 Å². The van der Waals surface area contributed by atoms with Crippen molar-refractivity contribution in [3.8, 4) is 5.75 Å². The average Bonchev–Trinajstić information content (AvgIpc) is 3.42. The number of nitrogens with one attached hydrogen (secondary N) is 1. The largest absolute Gasteiger partial charge is 0.488 e. The van der Waals surface area contributed by atoms with Crippen molar-refractivity contribution < 1.29 is 9.53 Å². The Morgan fingerprint density at radius 3 is 2.51 bits per heavy atom. The lowest BCUT2D eigenvalue weighted by atomic mass is 10.2. The van der Waals surface area contributed by atoms with Gasteiger partial charge in [-0.15, -0.1) is 10.2 Å². The Morgan fingerprint density at radius 2 is 1.86 bits per heavy atom. The van der Waals surface area contributed by atoms with E-state index in [4.69, 9.17) is 4.74 Å². The molecule has 1 amide bonds. The Kier molecular flexibility index (Phi) is 6.75. The van der Waals surface area contributed by atoms with E-state index in [-0.39, 0.29) is 12.0 Å². The molecule has 4 aromatic rings. The number of nitrogens with zero attached hydrogens (tertiary/aromatic N) is 7. The summed E-state index contributed by atoms with van der Waals surface area (Å²) >= 11 is 2.81. The molecule has 1 aliphatic heterocycles. The van der Waals surface area contributed by atoms with Gasteiger partial charge in [0.2, 0.25) is 0 Å². The number of ether oxygens (including phenoxy) is 1. The second-order valence-electron chi connectivity index (χ2n) is 8.19. The lowest BCUT2D eigenvalue weighted by molar-refractivity contribution is 0.0388. The maximum absolute atomic E-state index is 13.2. The van der Waals surface area contributed by atoms with E-state index < -0.39 is 0 Å². The number of benzene rings is 1. The lowest BCUT2D eigenvalue weighted by Crippen LogP contribution is -2.51. The van der Waals surface area contributed by atoms with Gasteiger partial charge in [0.25, 0.3) is 5.91 Å². The van der Waals surface area contributed by atoms with Crippen molar-refractivity contribution in [2.24, 2.45) is 14.1 Å². The molecule has 0 aliphatic carbocycles. The SMILES string of the molecule is CN1CC(Oc2ccc(Sc3ccc(Sc4nncn4C)nc3C(=O)Nc3ccn(C)n3)cc2)C1. The molecule has 1 N–H and O–H groups in total. The highest BCUT2D eigenvalue weighted by Gasteiger charge is 2.24. The van der Waals surface area contributed by atoms with Gasteiger partial charge in [-0.25, -0.2) is 4.98 Å². The zero-order valence-electron chi connectivity index (χ0n) is 19.5. The number of amides is 1. The van der Waals surface area contributed by atoms with E-state index in [1.165, 1.54) is 23.5 Å². The first kappa shape index (κ1) is 23.4. The van der Waals surface area contributed by atoms with E-state index in [9.17, 15) is 4.79 Å². The van der Waals surface area contributed by atoms with Gasteiger partial charge in [0, 0.05) is 49.2 Å². The van der Waals surface area contributed by atoms with Crippen LogP contribution in [0.15, 0.2) is 75.0 Å². The molecule has 180 valence electrons. The predicted molar refractivity (Wildman–Crippen MR) is 133 cm³/mol. The zero-order chi connectivity index (χ0) is 24.4. The minimum Gasteiger partial charge on any atom is -0.488 e. The molecule has 10 nitrogen and oxygen atoms in total. The van der Waals surface area contributed by atoms with Gasteiger partial charge >= 0.3 is 0 Å². The molecule has 0 unspecified atom stereocenters.